The first-order valence-corrected chi connectivity index (χ1v) is 8.42. The van der Waals surface area contributed by atoms with Gasteiger partial charge in [0.2, 0.25) is 0 Å². The van der Waals surface area contributed by atoms with Gasteiger partial charge >= 0.3 is 0 Å². The van der Waals surface area contributed by atoms with Crippen LogP contribution in [0.4, 0.5) is 5.82 Å². The second kappa shape index (κ2) is 5.89. The molecule has 0 unspecified atom stereocenters. The van der Waals surface area contributed by atoms with Gasteiger partial charge in [0.1, 0.15) is 11.5 Å². The number of anilines is 1. The average Bonchev–Trinajstić information content (AvgIpc) is 3.09. The number of nitrogens with zero attached hydrogens (tertiary/aromatic N) is 5. The molecule has 0 spiro atoms. The van der Waals surface area contributed by atoms with Gasteiger partial charge in [0.15, 0.2) is 0 Å². The molecule has 0 amide bonds. The van der Waals surface area contributed by atoms with Crippen LogP contribution in [0.25, 0.3) is 33.4 Å². The van der Waals surface area contributed by atoms with Crippen LogP contribution in [0.15, 0.2) is 55.1 Å². The highest BCUT2D eigenvalue weighted by Gasteiger charge is 2.25. The number of aromatic amines is 1. The van der Waals surface area contributed by atoms with Crippen LogP contribution in [0.3, 0.4) is 0 Å². The standard InChI is InChI=1S/C19H16N6O/c26-14-10-25(11-14)18-6-12(3-5-21-18)19-15-7-16(13-2-1-4-20-8-13)22-9-17(15)23-24-19/h1-9,14,26H,10-11H2,(H,23,24). The number of hydrogen-bond donors (Lipinski definition) is 2. The first-order chi connectivity index (χ1) is 12.8. The summed E-state index contributed by atoms with van der Waals surface area (Å²) in [7, 11) is 0. The lowest BCUT2D eigenvalue weighted by atomic mass is 10.1. The molecule has 0 radical (unpaired) electrons. The fraction of sp³-hybridized carbons (Fsp3) is 0.158. The monoisotopic (exact) mass is 344 g/mol. The van der Waals surface area contributed by atoms with Gasteiger partial charge in [-0.3, -0.25) is 15.1 Å². The number of rotatable bonds is 3. The Morgan fingerprint density at radius 3 is 2.77 bits per heavy atom. The molecule has 7 heteroatoms. The van der Waals surface area contributed by atoms with Crippen LogP contribution >= 0.6 is 0 Å². The molecule has 7 nitrogen and oxygen atoms in total. The second-order valence-electron chi connectivity index (χ2n) is 6.39. The van der Waals surface area contributed by atoms with Crippen molar-refractivity contribution in [2.45, 2.75) is 6.10 Å². The van der Waals surface area contributed by atoms with E-state index in [-0.39, 0.29) is 6.10 Å². The largest absolute Gasteiger partial charge is 0.389 e. The lowest BCUT2D eigenvalue weighted by Gasteiger charge is -2.36. The van der Waals surface area contributed by atoms with E-state index in [0.717, 1.165) is 39.2 Å². The topological polar surface area (TPSA) is 90.8 Å². The molecule has 2 N–H and O–H groups in total. The lowest BCUT2D eigenvalue weighted by molar-refractivity contribution is 0.141. The van der Waals surface area contributed by atoms with E-state index in [4.69, 9.17) is 0 Å². The molecule has 0 atom stereocenters. The zero-order valence-electron chi connectivity index (χ0n) is 13.9. The summed E-state index contributed by atoms with van der Waals surface area (Å²) in [5.41, 5.74) is 4.54. The zero-order chi connectivity index (χ0) is 17.5. The number of fused-ring (bicyclic) bond motifs is 1. The number of β-amino-alcohol motifs (C(OH)–C–C–N with tert-alkyl or cyclic N) is 1. The molecule has 5 rings (SSSR count). The van der Waals surface area contributed by atoms with Gasteiger partial charge in [-0.2, -0.15) is 5.10 Å². The maximum Gasteiger partial charge on any atom is 0.129 e. The van der Waals surface area contributed by atoms with Gasteiger partial charge in [0, 0.05) is 48.2 Å². The van der Waals surface area contributed by atoms with E-state index in [9.17, 15) is 5.11 Å². The number of hydrogen-bond acceptors (Lipinski definition) is 6. The molecule has 1 aliphatic heterocycles. The molecule has 1 aliphatic rings. The predicted molar refractivity (Wildman–Crippen MR) is 98.6 cm³/mol. The van der Waals surface area contributed by atoms with Gasteiger partial charge in [0.25, 0.3) is 0 Å². The van der Waals surface area contributed by atoms with Crippen molar-refractivity contribution in [1.29, 1.82) is 0 Å². The smallest absolute Gasteiger partial charge is 0.129 e. The number of H-pyrrole nitrogens is 1. The maximum absolute atomic E-state index is 9.51. The summed E-state index contributed by atoms with van der Waals surface area (Å²) in [6, 6.07) is 9.86. The summed E-state index contributed by atoms with van der Waals surface area (Å²) in [6.07, 6.45) is 6.85. The maximum atomic E-state index is 9.51. The molecule has 128 valence electrons. The minimum Gasteiger partial charge on any atom is -0.389 e. The van der Waals surface area contributed by atoms with E-state index < -0.39 is 0 Å². The van der Waals surface area contributed by atoms with Crippen molar-refractivity contribution >= 4 is 16.7 Å². The fourth-order valence-electron chi connectivity index (χ4n) is 3.19. The Balaban J connectivity index is 1.58. The molecule has 0 aliphatic carbocycles. The minimum atomic E-state index is -0.264. The Labute approximate surface area is 149 Å². The fourth-order valence-corrected chi connectivity index (χ4v) is 3.19. The van der Waals surface area contributed by atoms with Crippen LogP contribution in [-0.2, 0) is 0 Å². The molecule has 0 saturated carbocycles. The van der Waals surface area contributed by atoms with Gasteiger partial charge in [-0.05, 0) is 30.3 Å². The SMILES string of the molecule is OC1CN(c2cc(-c3n[nH]c4cnc(-c5cccnc5)cc34)ccn2)C1. The van der Waals surface area contributed by atoms with Crippen LogP contribution < -0.4 is 4.90 Å². The molecule has 4 aromatic rings. The zero-order valence-corrected chi connectivity index (χ0v) is 13.9. The Morgan fingerprint density at radius 1 is 1.04 bits per heavy atom. The normalized spacial score (nSPS) is 14.6. The van der Waals surface area contributed by atoms with E-state index in [1.807, 2.05) is 35.2 Å². The van der Waals surface area contributed by atoms with Crippen LogP contribution in [0, 0.1) is 0 Å². The highest BCUT2D eigenvalue weighted by atomic mass is 16.3. The number of aromatic nitrogens is 5. The van der Waals surface area contributed by atoms with Crippen molar-refractivity contribution in [2.24, 2.45) is 0 Å². The molecular formula is C19H16N6O. The summed E-state index contributed by atoms with van der Waals surface area (Å²) >= 11 is 0. The summed E-state index contributed by atoms with van der Waals surface area (Å²) in [5, 5.41) is 18.0. The lowest BCUT2D eigenvalue weighted by Crippen LogP contribution is -2.51. The molecule has 0 aromatic carbocycles. The van der Waals surface area contributed by atoms with E-state index >= 15 is 0 Å². The van der Waals surface area contributed by atoms with E-state index in [1.165, 1.54) is 0 Å². The van der Waals surface area contributed by atoms with Crippen LogP contribution in [0.1, 0.15) is 0 Å². The number of aliphatic hydroxyl groups excluding tert-OH is 1. The molecule has 26 heavy (non-hydrogen) atoms. The molecule has 1 fully saturated rings. The average molecular weight is 344 g/mol. The van der Waals surface area contributed by atoms with Crippen molar-refractivity contribution in [3.05, 3.63) is 55.1 Å². The summed E-state index contributed by atoms with van der Waals surface area (Å²) in [5.74, 6) is 0.852. The highest BCUT2D eigenvalue weighted by molar-refractivity contribution is 5.94. The Bertz CT molecular complexity index is 1070. The Hall–Kier alpha value is -3.32. The van der Waals surface area contributed by atoms with E-state index in [1.54, 1.807) is 24.8 Å². The summed E-state index contributed by atoms with van der Waals surface area (Å²) in [6.45, 7) is 1.24. The number of nitrogens with one attached hydrogen (secondary N) is 1. The van der Waals surface area contributed by atoms with Crippen molar-refractivity contribution < 1.29 is 5.11 Å². The van der Waals surface area contributed by atoms with E-state index in [0.29, 0.717) is 13.1 Å². The van der Waals surface area contributed by atoms with Crippen LogP contribution in [0.2, 0.25) is 0 Å². The van der Waals surface area contributed by atoms with Gasteiger partial charge in [0.05, 0.1) is 23.5 Å². The molecule has 1 saturated heterocycles. The summed E-state index contributed by atoms with van der Waals surface area (Å²) < 4.78 is 0. The van der Waals surface area contributed by atoms with Crippen molar-refractivity contribution in [3.8, 4) is 22.5 Å². The van der Waals surface area contributed by atoms with Gasteiger partial charge < -0.3 is 10.0 Å². The number of aliphatic hydroxyl groups is 1. The van der Waals surface area contributed by atoms with Crippen LogP contribution in [-0.4, -0.2) is 49.4 Å². The quantitative estimate of drug-likeness (QED) is 0.592. The highest BCUT2D eigenvalue weighted by Crippen LogP contribution is 2.31. The molecule has 5 heterocycles. The third-order valence-corrected chi connectivity index (χ3v) is 4.61. The van der Waals surface area contributed by atoms with Crippen molar-refractivity contribution in [3.63, 3.8) is 0 Å². The first-order valence-electron chi connectivity index (χ1n) is 8.42. The second-order valence-corrected chi connectivity index (χ2v) is 6.39. The first kappa shape index (κ1) is 15.0. The number of pyridine rings is 3. The van der Waals surface area contributed by atoms with Gasteiger partial charge in [-0.15, -0.1) is 0 Å². The van der Waals surface area contributed by atoms with Crippen molar-refractivity contribution in [2.75, 3.05) is 18.0 Å². The Kier molecular flexibility index (Phi) is 3.39. The molecular weight excluding hydrogens is 328 g/mol. The molecule has 0 bridgehead atoms. The van der Waals surface area contributed by atoms with E-state index in [2.05, 4.69) is 25.1 Å². The Morgan fingerprint density at radius 2 is 1.96 bits per heavy atom. The predicted octanol–water partition coefficient (Wildman–Crippen LogP) is 2.26. The molecule has 4 aromatic heterocycles. The van der Waals surface area contributed by atoms with Crippen molar-refractivity contribution in [1.82, 2.24) is 25.1 Å². The summed E-state index contributed by atoms with van der Waals surface area (Å²) in [4.78, 5) is 15.1. The van der Waals surface area contributed by atoms with Crippen LogP contribution in [0.5, 0.6) is 0 Å². The van der Waals surface area contributed by atoms with Gasteiger partial charge in [-0.25, -0.2) is 4.98 Å². The third-order valence-electron chi connectivity index (χ3n) is 4.61. The minimum absolute atomic E-state index is 0.264. The van der Waals surface area contributed by atoms with Gasteiger partial charge in [-0.1, -0.05) is 0 Å². The third kappa shape index (κ3) is 2.49.